The first-order chi connectivity index (χ1) is 14.1. The zero-order valence-corrected chi connectivity index (χ0v) is 16.9. The number of amides is 1. The van der Waals surface area contributed by atoms with Crippen LogP contribution >= 0.6 is 11.3 Å². The zero-order valence-electron chi connectivity index (χ0n) is 16.1. The van der Waals surface area contributed by atoms with Gasteiger partial charge in [0.1, 0.15) is 11.5 Å². The van der Waals surface area contributed by atoms with Crippen molar-refractivity contribution >= 4 is 23.2 Å². The van der Waals surface area contributed by atoms with Crippen LogP contribution in [0.25, 0.3) is 0 Å². The van der Waals surface area contributed by atoms with Gasteiger partial charge in [0.25, 0.3) is 5.91 Å². The number of hydrogen-bond acceptors (Lipinski definition) is 6. The standard InChI is InChI=1S/C22H21NO5S/c1-26-17-11-16(12-18(13-17)27-2)22(25)28-14-20(24)23-21(19-9-6-10-29-19)15-7-4-3-5-8-15/h3-13,21H,14H2,1-2H3,(H,23,24)/t21-/m0/s1. The Hall–Kier alpha value is -3.32. The number of carbonyl (C=O) groups excluding carboxylic acids is 2. The minimum absolute atomic E-state index is 0.242. The quantitative estimate of drug-likeness (QED) is 0.571. The molecule has 7 heteroatoms. The van der Waals surface area contributed by atoms with Crippen molar-refractivity contribution in [2.75, 3.05) is 20.8 Å². The van der Waals surface area contributed by atoms with Gasteiger partial charge in [0, 0.05) is 10.9 Å². The minimum atomic E-state index is -0.635. The summed E-state index contributed by atoms with van der Waals surface area (Å²) in [6.45, 7) is -0.396. The van der Waals surface area contributed by atoms with Crippen molar-refractivity contribution in [3.8, 4) is 11.5 Å². The maximum Gasteiger partial charge on any atom is 0.338 e. The van der Waals surface area contributed by atoms with Gasteiger partial charge in [-0.2, -0.15) is 0 Å². The van der Waals surface area contributed by atoms with E-state index in [4.69, 9.17) is 14.2 Å². The van der Waals surface area contributed by atoms with Crippen LogP contribution in [0.1, 0.15) is 26.8 Å². The van der Waals surface area contributed by atoms with Crippen LogP contribution in [0.4, 0.5) is 0 Å². The third-order valence-corrected chi connectivity index (χ3v) is 5.12. The maximum absolute atomic E-state index is 12.5. The van der Waals surface area contributed by atoms with Crippen LogP contribution in [0, 0.1) is 0 Å². The van der Waals surface area contributed by atoms with Gasteiger partial charge in [0.15, 0.2) is 6.61 Å². The number of esters is 1. The highest BCUT2D eigenvalue weighted by atomic mass is 32.1. The van der Waals surface area contributed by atoms with Crippen LogP contribution < -0.4 is 14.8 Å². The van der Waals surface area contributed by atoms with E-state index in [0.717, 1.165) is 10.4 Å². The average molecular weight is 411 g/mol. The van der Waals surface area contributed by atoms with E-state index in [1.807, 2.05) is 47.8 Å². The van der Waals surface area contributed by atoms with Crippen LogP contribution in [0.5, 0.6) is 11.5 Å². The number of benzene rings is 2. The molecular formula is C22H21NO5S. The Balaban J connectivity index is 1.66. The SMILES string of the molecule is COc1cc(OC)cc(C(=O)OCC(=O)N[C@@H](c2ccccc2)c2cccs2)c1. The molecular weight excluding hydrogens is 390 g/mol. The first-order valence-corrected chi connectivity index (χ1v) is 9.76. The number of hydrogen-bond donors (Lipinski definition) is 1. The lowest BCUT2D eigenvalue weighted by molar-refractivity contribution is -0.124. The second kappa shape index (κ2) is 9.75. The maximum atomic E-state index is 12.5. The van der Waals surface area contributed by atoms with Crippen molar-refractivity contribution in [3.63, 3.8) is 0 Å². The topological polar surface area (TPSA) is 73.9 Å². The first-order valence-electron chi connectivity index (χ1n) is 8.88. The molecule has 0 fully saturated rings. The lowest BCUT2D eigenvalue weighted by Crippen LogP contribution is -2.32. The molecule has 0 saturated carbocycles. The summed E-state index contributed by atoms with van der Waals surface area (Å²) in [5, 5.41) is 4.88. The Kier molecular flexibility index (Phi) is 6.86. The van der Waals surface area contributed by atoms with E-state index in [1.165, 1.54) is 26.4 Å². The van der Waals surface area contributed by atoms with E-state index in [2.05, 4.69) is 5.32 Å². The van der Waals surface area contributed by atoms with Crippen LogP contribution in [0.15, 0.2) is 66.0 Å². The molecule has 2 aromatic carbocycles. The van der Waals surface area contributed by atoms with Gasteiger partial charge in [-0.05, 0) is 29.1 Å². The average Bonchev–Trinajstić information content (AvgIpc) is 3.30. The summed E-state index contributed by atoms with van der Waals surface area (Å²) in [6.07, 6.45) is 0. The summed E-state index contributed by atoms with van der Waals surface area (Å²) in [7, 11) is 2.98. The number of nitrogens with one attached hydrogen (secondary N) is 1. The second-order valence-electron chi connectivity index (χ2n) is 6.10. The van der Waals surface area contributed by atoms with E-state index in [9.17, 15) is 9.59 Å². The van der Waals surface area contributed by atoms with Gasteiger partial charge in [0.2, 0.25) is 0 Å². The molecule has 1 heterocycles. The van der Waals surface area contributed by atoms with Gasteiger partial charge < -0.3 is 19.5 Å². The van der Waals surface area contributed by atoms with Crippen molar-refractivity contribution in [2.45, 2.75) is 6.04 Å². The van der Waals surface area contributed by atoms with Gasteiger partial charge in [-0.15, -0.1) is 11.3 Å². The minimum Gasteiger partial charge on any atom is -0.497 e. The van der Waals surface area contributed by atoms with Gasteiger partial charge in [-0.1, -0.05) is 36.4 Å². The van der Waals surface area contributed by atoms with Crippen molar-refractivity contribution in [3.05, 3.63) is 82.0 Å². The molecule has 0 spiro atoms. The van der Waals surface area contributed by atoms with Gasteiger partial charge in [0.05, 0.1) is 25.8 Å². The third-order valence-electron chi connectivity index (χ3n) is 4.19. The van der Waals surface area contributed by atoms with E-state index < -0.39 is 18.5 Å². The third kappa shape index (κ3) is 5.36. The highest BCUT2D eigenvalue weighted by molar-refractivity contribution is 7.10. The summed E-state index contributed by atoms with van der Waals surface area (Å²) >= 11 is 1.55. The molecule has 29 heavy (non-hydrogen) atoms. The number of ether oxygens (including phenoxy) is 3. The molecule has 6 nitrogen and oxygen atoms in total. The lowest BCUT2D eigenvalue weighted by Gasteiger charge is -2.18. The first kappa shape index (κ1) is 20.4. The number of methoxy groups -OCH3 is 2. The van der Waals surface area contributed by atoms with Crippen LogP contribution in [-0.4, -0.2) is 32.7 Å². The van der Waals surface area contributed by atoms with Crippen LogP contribution in [-0.2, 0) is 9.53 Å². The summed E-state index contributed by atoms with van der Waals surface area (Å²) in [5.41, 5.74) is 1.19. The Morgan fingerprint density at radius 1 is 0.966 bits per heavy atom. The van der Waals surface area contributed by atoms with E-state index in [1.54, 1.807) is 17.4 Å². The smallest absolute Gasteiger partial charge is 0.338 e. The van der Waals surface area contributed by atoms with E-state index in [-0.39, 0.29) is 11.6 Å². The van der Waals surface area contributed by atoms with Gasteiger partial charge in [-0.3, -0.25) is 4.79 Å². The Morgan fingerprint density at radius 3 is 2.24 bits per heavy atom. The predicted molar refractivity (Wildman–Crippen MR) is 111 cm³/mol. The van der Waals surface area contributed by atoms with Crippen molar-refractivity contribution in [1.82, 2.24) is 5.32 Å². The van der Waals surface area contributed by atoms with E-state index >= 15 is 0 Å². The molecule has 3 rings (SSSR count). The monoisotopic (exact) mass is 411 g/mol. The van der Waals surface area contributed by atoms with Gasteiger partial charge >= 0.3 is 5.97 Å². The molecule has 0 aliphatic rings. The molecule has 0 unspecified atom stereocenters. The van der Waals surface area contributed by atoms with Crippen molar-refractivity contribution in [2.24, 2.45) is 0 Å². The normalized spacial score (nSPS) is 11.4. The Bertz CT molecular complexity index is 934. The molecule has 0 aliphatic heterocycles. The van der Waals surface area contributed by atoms with Crippen LogP contribution in [0.3, 0.4) is 0 Å². The summed E-state index contributed by atoms with van der Waals surface area (Å²) in [6, 6.07) is 17.9. The van der Waals surface area contributed by atoms with E-state index in [0.29, 0.717) is 11.5 Å². The molecule has 1 amide bonds. The second-order valence-corrected chi connectivity index (χ2v) is 7.08. The lowest BCUT2D eigenvalue weighted by atomic mass is 10.1. The summed E-state index contributed by atoms with van der Waals surface area (Å²) in [5.74, 6) is -0.106. The Morgan fingerprint density at radius 2 is 1.66 bits per heavy atom. The predicted octanol–water partition coefficient (Wildman–Crippen LogP) is 3.83. The molecule has 0 radical (unpaired) electrons. The summed E-state index contributed by atoms with van der Waals surface area (Å²) < 4.78 is 15.5. The molecule has 0 saturated heterocycles. The largest absolute Gasteiger partial charge is 0.497 e. The highest BCUT2D eigenvalue weighted by Crippen LogP contribution is 2.26. The molecule has 1 N–H and O–H groups in total. The zero-order chi connectivity index (χ0) is 20.6. The highest BCUT2D eigenvalue weighted by Gasteiger charge is 2.19. The Labute approximate surface area is 173 Å². The van der Waals surface area contributed by atoms with Crippen LogP contribution in [0.2, 0.25) is 0 Å². The van der Waals surface area contributed by atoms with Crippen molar-refractivity contribution < 1.29 is 23.8 Å². The fraction of sp³-hybridized carbons (Fsp3) is 0.182. The molecule has 150 valence electrons. The molecule has 1 atom stereocenters. The molecule has 3 aromatic rings. The molecule has 1 aromatic heterocycles. The number of carbonyl (C=O) groups is 2. The van der Waals surface area contributed by atoms with Crippen molar-refractivity contribution in [1.29, 1.82) is 0 Å². The number of rotatable bonds is 8. The van der Waals surface area contributed by atoms with Gasteiger partial charge in [-0.25, -0.2) is 4.79 Å². The fourth-order valence-electron chi connectivity index (χ4n) is 2.76. The number of thiophene rings is 1. The fourth-order valence-corrected chi connectivity index (χ4v) is 3.56. The molecule has 0 aliphatic carbocycles. The molecule has 0 bridgehead atoms. The summed E-state index contributed by atoms with van der Waals surface area (Å²) in [4.78, 5) is 25.8.